The maximum atomic E-state index is 11.3. The van der Waals surface area contributed by atoms with Gasteiger partial charge < -0.3 is 14.4 Å². The van der Waals surface area contributed by atoms with Gasteiger partial charge in [-0.05, 0) is 24.3 Å². The number of aromatic carboxylic acids is 1. The number of anilines is 1. The second-order valence-corrected chi connectivity index (χ2v) is 6.09. The molecule has 0 unspecified atom stereocenters. The van der Waals surface area contributed by atoms with Gasteiger partial charge in [-0.1, -0.05) is 20.8 Å². The number of carboxylic acids is 1. The highest BCUT2D eigenvalue weighted by Gasteiger charge is 2.20. The van der Waals surface area contributed by atoms with Crippen LogP contribution in [-0.4, -0.2) is 23.1 Å². The van der Waals surface area contributed by atoms with E-state index < -0.39 is 5.97 Å². The molecule has 0 aliphatic heterocycles. The molecule has 0 radical (unpaired) electrons. The van der Waals surface area contributed by atoms with E-state index in [1.165, 1.54) is 0 Å². The Labute approximate surface area is 124 Å². The van der Waals surface area contributed by atoms with Crippen LogP contribution in [0.15, 0.2) is 34.9 Å². The van der Waals surface area contributed by atoms with Crippen molar-refractivity contribution in [3.05, 3.63) is 47.5 Å². The molecule has 0 atom stereocenters. The number of hydrogen-bond donors (Lipinski definition) is 1. The molecule has 0 amide bonds. The van der Waals surface area contributed by atoms with E-state index in [1.807, 2.05) is 44.9 Å². The van der Waals surface area contributed by atoms with Crippen LogP contribution in [0.4, 0.5) is 5.82 Å². The van der Waals surface area contributed by atoms with Crippen molar-refractivity contribution in [1.29, 1.82) is 0 Å². The predicted octanol–water partition coefficient (Wildman–Crippen LogP) is 3.31. The number of nitrogens with zero attached hydrogens (tertiary/aromatic N) is 2. The molecule has 0 saturated carbocycles. The van der Waals surface area contributed by atoms with Gasteiger partial charge in [-0.25, -0.2) is 9.78 Å². The Hall–Kier alpha value is -2.30. The number of aromatic nitrogens is 1. The van der Waals surface area contributed by atoms with E-state index in [4.69, 9.17) is 4.42 Å². The molecule has 0 spiro atoms. The molecular weight excluding hydrogens is 268 g/mol. The summed E-state index contributed by atoms with van der Waals surface area (Å²) in [6, 6.07) is 6.92. The molecule has 0 aliphatic rings. The fourth-order valence-electron chi connectivity index (χ4n) is 1.94. The summed E-state index contributed by atoms with van der Waals surface area (Å²) in [6.45, 7) is 6.57. The summed E-state index contributed by atoms with van der Waals surface area (Å²) in [5, 5.41) is 9.27. The van der Waals surface area contributed by atoms with E-state index in [1.54, 1.807) is 18.4 Å². The predicted molar refractivity (Wildman–Crippen MR) is 80.7 cm³/mol. The zero-order chi connectivity index (χ0) is 15.6. The zero-order valence-corrected chi connectivity index (χ0v) is 12.8. The van der Waals surface area contributed by atoms with Gasteiger partial charge >= 0.3 is 5.97 Å². The molecule has 0 aromatic carbocycles. The third kappa shape index (κ3) is 3.62. The maximum absolute atomic E-state index is 11.3. The molecule has 0 fully saturated rings. The van der Waals surface area contributed by atoms with Crippen LogP contribution in [0.1, 0.15) is 42.6 Å². The van der Waals surface area contributed by atoms with Crippen molar-refractivity contribution in [2.45, 2.75) is 32.7 Å². The maximum Gasteiger partial charge on any atom is 0.335 e. The van der Waals surface area contributed by atoms with Crippen LogP contribution in [0.25, 0.3) is 0 Å². The fraction of sp³-hybridized carbons (Fsp3) is 0.375. The van der Waals surface area contributed by atoms with Gasteiger partial charge in [-0.2, -0.15) is 0 Å². The van der Waals surface area contributed by atoms with E-state index >= 15 is 0 Å². The van der Waals surface area contributed by atoms with E-state index in [9.17, 15) is 9.90 Å². The van der Waals surface area contributed by atoms with Crippen molar-refractivity contribution in [2.75, 3.05) is 11.9 Å². The lowest BCUT2D eigenvalue weighted by molar-refractivity contribution is 0.0696. The van der Waals surface area contributed by atoms with Crippen LogP contribution in [0.2, 0.25) is 0 Å². The quantitative estimate of drug-likeness (QED) is 0.935. The topological polar surface area (TPSA) is 66.6 Å². The van der Waals surface area contributed by atoms with Crippen LogP contribution < -0.4 is 4.90 Å². The Kier molecular flexibility index (Phi) is 4.02. The minimum Gasteiger partial charge on any atom is -0.478 e. The molecule has 1 N–H and O–H groups in total. The standard InChI is InChI=1S/C16H20N2O3/c1-16(2,3)13-8-11(15(19)20)9-14(17-13)18(4)10-12-6-5-7-21-12/h5-9H,10H2,1-4H3,(H,19,20). The minimum absolute atomic E-state index is 0.217. The van der Waals surface area contributed by atoms with E-state index in [2.05, 4.69) is 4.98 Å². The van der Waals surface area contributed by atoms with E-state index in [-0.39, 0.29) is 11.0 Å². The molecule has 0 saturated heterocycles. The summed E-state index contributed by atoms with van der Waals surface area (Å²) < 4.78 is 5.32. The van der Waals surface area contributed by atoms with Crippen LogP contribution in [0, 0.1) is 0 Å². The lowest BCUT2D eigenvalue weighted by atomic mass is 9.90. The Morgan fingerprint density at radius 2 is 2.10 bits per heavy atom. The number of hydrogen-bond acceptors (Lipinski definition) is 4. The smallest absolute Gasteiger partial charge is 0.335 e. The number of carbonyl (C=O) groups is 1. The first-order valence-electron chi connectivity index (χ1n) is 6.77. The van der Waals surface area contributed by atoms with Gasteiger partial charge in [0.2, 0.25) is 0 Å². The summed E-state index contributed by atoms with van der Waals surface area (Å²) in [4.78, 5) is 17.8. The Morgan fingerprint density at radius 1 is 1.38 bits per heavy atom. The molecule has 5 heteroatoms. The minimum atomic E-state index is -0.949. The monoisotopic (exact) mass is 288 g/mol. The average Bonchev–Trinajstić information content (AvgIpc) is 2.90. The van der Waals surface area contributed by atoms with Crippen LogP contribution in [0.3, 0.4) is 0 Å². The molecular formula is C16H20N2O3. The lowest BCUT2D eigenvalue weighted by Crippen LogP contribution is -2.22. The summed E-state index contributed by atoms with van der Waals surface area (Å²) in [7, 11) is 1.86. The largest absolute Gasteiger partial charge is 0.478 e. The van der Waals surface area contributed by atoms with Crippen molar-refractivity contribution in [3.8, 4) is 0 Å². The summed E-state index contributed by atoms with van der Waals surface area (Å²) in [5.74, 6) is 0.476. The first-order chi connectivity index (χ1) is 9.77. The van der Waals surface area contributed by atoms with Gasteiger partial charge in [0, 0.05) is 18.2 Å². The summed E-state index contributed by atoms with van der Waals surface area (Å²) in [5.41, 5.74) is 0.783. The highest BCUT2D eigenvalue weighted by atomic mass is 16.4. The van der Waals surface area contributed by atoms with E-state index in [0.29, 0.717) is 12.4 Å². The molecule has 5 nitrogen and oxygen atoms in total. The normalized spacial score (nSPS) is 11.4. The Morgan fingerprint density at radius 3 is 2.62 bits per heavy atom. The van der Waals surface area contributed by atoms with Crippen molar-refractivity contribution in [2.24, 2.45) is 0 Å². The van der Waals surface area contributed by atoms with E-state index in [0.717, 1.165) is 11.5 Å². The van der Waals surface area contributed by atoms with Gasteiger partial charge in [0.25, 0.3) is 0 Å². The van der Waals surface area contributed by atoms with Crippen molar-refractivity contribution in [3.63, 3.8) is 0 Å². The molecule has 2 rings (SSSR count). The van der Waals surface area contributed by atoms with Gasteiger partial charge in [0.1, 0.15) is 11.6 Å². The third-order valence-corrected chi connectivity index (χ3v) is 3.19. The number of pyridine rings is 1. The molecule has 21 heavy (non-hydrogen) atoms. The van der Waals surface area contributed by atoms with Crippen molar-refractivity contribution >= 4 is 11.8 Å². The fourth-order valence-corrected chi connectivity index (χ4v) is 1.94. The Balaban J connectivity index is 2.37. The van der Waals surface area contributed by atoms with Gasteiger partial charge in [-0.3, -0.25) is 0 Å². The molecule has 0 aliphatic carbocycles. The number of carboxylic acid groups (broad SMARTS) is 1. The van der Waals surface area contributed by atoms with Crippen molar-refractivity contribution < 1.29 is 14.3 Å². The van der Waals surface area contributed by atoms with Gasteiger partial charge in [0.05, 0.1) is 18.4 Å². The third-order valence-electron chi connectivity index (χ3n) is 3.19. The van der Waals surface area contributed by atoms with Crippen LogP contribution in [-0.2, 0) is 12.0 Å². The SMILES string of the molecule is CN(Cc1ccco1)c1cc(C(=O)O)cc(C(C)(C)C)n1. The summed E-state index contributed by atoms with van der Waals surface area (Å²) in [6.07, 6.45) is 1.62. The Bertz CT molecular complexity index is 627. The molecule has 0 bridgehead atoms. The first-order valence-corrected chi connectivity index (χ1v) is 6.77. The second-order valence-electron chi connectivity index (χ2n) is 6.09. The molecule has 2 aromatic heterocycles. The van der Waals surface area contributed by atoms with Crippen molar-refractivity contribution in [1.82, 2.24) is 4.98 Å². The first kappa shape index (κ1) is 15.1. The molecule has 2 aromatic rings. The second kappa shape index (κ2) is 5.60. The highest BCUT2D eigenvalue weighted by molar-refractivity contribution is 5.88. The number of furan rings is 1. The van der Waals surface area contributed by atoms with Gasteiger partial charge in [0.15, 0.2) is 0 Å². The zero-order valence-electron chi connectivity index (χ0n) is 12.8. The average molecular weight is 288 g/mol. The van der Waals surface area contributed by atoms with Crippen LogP contribution >= 0.6 is 0 Å². The van der Waals surface area contributed by atoms with Gasteiger partial charge in [-0.15, -0.1) is 0 Å². The highest BCUT2D eigenvalue weighted by Crippen LogP contribution is 2.25. The lowest BCUT2D eigenvalue weighted by Gasteiger charge is -2.23. The number of rotatable bonds is 4. The molecule has 2 heterocycles. The summed E-state index contributed by atoms with van der Waals surface area (Å²) >= 11 is 0. The van der Waals surface area contributed by atoms with Crippen LogP contribution in [0.5, 0.6) is 0 Å². The molecule has 112 valence electrons.